The van der Waals surface area contributed by atoms with Gasteiger partial charge in [-0.25, -0.2) is 14.0 Å². The second-order valence-electron chi connectivity index (χ2n) is 10.6. The number of nitrogens with zero attached hydrogens (tertiary/aromatic N) is 4. The zero-order chi connectivity index (χ0) is 28.2. The summed E-state index contributed by atoms with van der Waals surface area (Å²) in [6, 6.07) is 4.68. The van der Waals surface area contributed by atoms with E-state index in [0.29, 0.717) is 57.8 Å². The number of aromatic carboxylic acids is 1. The first-order valence-corrected chi connectivity index (χ1v) is 13.4. The minimum atomic E-state index is -4.46. The normalized spacial score (nSPS) is 20.5. The third-order valence-electron chi connectivity index (χ3n) is 7.82. The number of carbonyl (C=O) groups is 2. The lowest BCUT2D eigenvalue weighted by molar-refractivity contribution is -0.137. The smallest absolute Gasteiger partial charge is 0.416 e. The summed E-state index contributed by atoms with van der Waals surface area (Å²) in [5.74, 6) is -1.20. The summed E-state index contributed by atoms with van der Waals surface area (Å²) in [7, 11) is 0. The molecular formula is C27H35F4N5O3. The van der Waals surface area contributed by atoms with Crippen LogP contribution in [0.5, 0.6) is 0 Å². The van der Waals surface area contributed by atoms with E-state index in [4.69, 9.17) is 5.11 Å². The zero-order valence-corrected chi connectivity index (χ0v) is 22.0. The molecule has 2 saturated heterocycles. The fourth-order valence-corrected chi connectivity index (χ4v) is 5.70. The van der Waals surface area contributed by atoms with Crippen molar-refractivity contribution < 1.29 is 32.3 Å². The number of anilines is 1. The van der Waals surface area contributed by atoms with E-state index in [1.807, 2.05) is 4.90 Å². The van der Waals surface area contributed by atoms with Crippen LogP contribution in [0.15, 0.2) is 30.5 Å². The fourth-order valence-electron chi connectivity index (χ4n) is 5.70. The Morgan fingerprint density at radius 1 is 1.15 bits per heavy atom. The number of carboxylic acid groups (broad SMARTS) is 1. The Kier molecular flexibility index (Phi) is 8.83. The molecule has 2 aliphatic heterocycles. The number of halogens is 4. The van der Waals surface area contributed by atoms with Crippen molar-refractivity contribution in [3.05, 3.63) is 47.3 Å². The maximum atomic E-state index is 13.7. The van der Waals surface area contributed by atoms with Crippen LogP contribution >= 0.6 is 0 Å². The number of piperidine rings is 1. The van der Waals surface area contributed by atoms with Crippen molar-refractivity contribution in [1.29, 1.82) is 0 Å². The monoisotopic (exact) mass is 553 g/mol. The third-order valence-corrected chi connectivity index (χ3v) is 7.82. The van der Waals surface area contributed by atoms with Crippen LogP contribution in [-0.2, 0) is 12.7 Å². The molecule has 1 aromatic carbocycles. The first kappa shape index (κ1) is 28.8. The van der Waals surface area contributed by atoms with Crippen molar-refractivity contribution in [2.45, 2.75) is 64.3 Å². The maximum Gasteiger partial charge on any atom is 0.416 e. The molecule has 214 valence electrons. The molecule has 3 heterocycles. The molecule has 2 aliphatic rings. The summed E-state index contributed by atoms with van der Waals surface area (Å²) in [5.41, 5.74) is 0.204. The average molecular weight is 554 g/mol. The van der Waals surface area contributed by atoms with Gasteiger partial charge in [-0.3, -0.25) is 0 Å². The number of amides is 1. The predicted octanol–water partition coefficient (Wildman–Crippen LogP) is 5.18. The molecule has 0 bridgehead atoms. The van der Waals surface area contributed by atoms with Gasteiger partial charge in [-0.05, 0) is 67.8 Å². The van der Waals surface area contributed by atoms with E-state index in [9.17, 15) is 27.2 Å². The minimum Gasteiger partial charge on any atom is -0.476 e. The number of carboxylic acids is 1. The lowest BCUT2D eigenvalue weighted by Gasteiger charge is -2.33. The number of hydrogen-bond donors (Lipinski definition) is 2. The molecule has 2 N–H and O–H groups in total. The highest BCUT2D eigenvalue weighted by atomic mass is 19.4. The summed E-state index contributed by atoms with van der Waals surface area (Å²) in [5, 5.41) is 16.3. The molecule has 2 aromatic rings. The standard InChI is InChI=1S/C27H35F4N5O3/c1-2-8-26(10-15-35(18-26)25(39)36-14-7-22(33-36)24(37)38)9-11-32-17-19-3-4-20(27(29,30)31)16-23(19)34-12-5-21(28)6-13-34/h3-4,7,14,16,21,32H,2,5-6,8-13,15,17-18H2,1H3,(H,37,38). The number of carbonyl (C=O) groups excluding carboxylic acids is 1. The number of rotatable bonds is 9. The molecule has 1 atom stereocenters. The van der Waals surface area contributed by atoms with Crippen molar-refractivity contribution in [2.24, 2.45) is 5.41 Å². The number of nitrogens with one attached hydrogen (secondary N) is 1. The van der Waals surface area contributed by atoms with Gasteiger partial charge in [-0.2, -0.15) is 23.0 Å². The largest absolute Gasteiger partial charge is 0.476 e. The molecule has 0 radical (unpaired) electrons. The Labute approximate surface area is 225 Å². The van der Waals surface area contributed by atoms with E-state index in [1.165, 1.54) is 24.4 Å². The van der Waals surface area contributed by atoms with Crippen molar-refractivity contribution in [1.82, 2.24) is 20.0 Å². The van der Waals surface area contributed by atoms with Gasteiger partial charge < -0.3 is 20.2 Å². The zero-order valence-electron chi connectivity index (χ0n) is 22.0. The summed E-state index contributed by atoms with van der Waals surface area (Å²) in [6.45, 7) is 4.88. The number of hydrogen-bond acceptors (Lipinski definition) is 5. The van der Waals surface area contributed by atoms with Gasteiger partial charge in [0.15, 0.2) is 5.69 Å². The van der Waals surface area contributed by atoms with Gasteiger partial charge in [0.05, 0.1) is 5.56 Å². The van der Waals surface area contributed by atoms with E-state index >= 15 is 0 Å². The first-order valence-electron chi connectivity index (χ1n) is 13.4. The third kappa shape index (κ3) is 6.90. The summed E-state index contributed by atoms with van der Waals surface area (Å²) < 4.78 is 54.9. The van der Waals surface area contributed by atoms with Gasteiger partial charge in [0, 0.05) is 44.6 Å². The van der Waals surface area contributed by atoms with Crippen molar-refractivity contribution in [2.75, 3.05) is 37.6 Å². The van der Waals surface area contributed by atoms with E-state index in [-0.39, 0.29) is 17.1 Å². The molecule has 39 heavy (non-hydrogen) atoms. The fraction of sp³-hybridized carbons (Fsp3) is 0.593. The van der Waals surface area contributed by atoms with E-state index in [0.717, 1.165) is 42.0 Å². The van der Waals surface area contributed by atoms with Crippen LogP contribution in [0, 0.1) is 5.41 Å². The van der Waals surface area contributed by atoms with Gasteiger partial charge in [0.1, 0.15) is 6.17 Å². The minimum absolute atomic E-state index is 0.119. The van der Waals surface area contributed by atoms with Crippen molar-refractivity contribution in [3.8, 4) is 0 Å². The van der Waals surface area contributed by atoms with Crippen LogP contribution in [0.4, 0.5) is 28.0 Å². The summed E-state index contributed by atoms with van der Waals surface area (Å²) in [6.07, 6.45) is -0.0234. The molecule has 2 fully saturated rings. The Balaban J connectivity index is 1.38. The van der Waals surface area contributed by atoms with Gasteiger partial charge in [-0.15, -0.1) is 0 Å². The van der Waals surface area contributed by atoms with E-state index in [2.05, 4.69) is 17.3 Å². The van der Waals surface area contributed by atoms with Crippen molar-refractivity contribution in [3.63, 3.8) is 0 Å². The van der Waals surface area contributed by atoms with Crippen LogP contribution in [-0.4, -0.2) is 70.7 Å². The quantitative estimate of drug-likeness (QED) is 0.329. The molecule has 1 aromatic heterocycles. The molecule has 12 heteroatoms. The second kappa shape index (κ2) is 11.9. The number of benzene rings is 1. The average Bonchev–Trinajstić information content (AvgIpc) is 3.55. The van der Waals surface area contributed by atoms with Crippen LogP contribution in [0.1, 0.15) is 67.1 Å². The molecule has 1 amide bonds. The van der Waals surface area contributed by atoms with Gasteiger partial charge >= 0.3 is 18.2 Å². The Bertz CT molecular complexity index is 1160. The molecule has 0 saturated carbocycles. The van der Waals surface area contributed by atoms with Crippen LogP contribution in [0.2, 0.25) is 0 Å². The van der Waals surface area contributed by atoms with Gasteiger partial charge in [0.25, 0.3) is 0 Å². The Morgan fingerprint density at radius 2 is 1.90 bits per heavy atom. The molecule has 4 rings (SSSR count). The van der Waals surface area contributed by atoms with Crippen molar-refractivity contribution >= 4 is 17.7 Å². The summed E-state index contributed by atoms with van der Waals surface area (Å²) >= 11 is 0. The molecule has 8 nitrogen and oxygen atoms in total. The van der Waals surface area contributed by atoms with Crippen LogP contribution < -0.4 is 10.2 Å². The highest BCUT2D eigenvalue weighted by Crippen LogP contribution is 2.39. The van der Waals surface area contributed by atoms with E-state index in [1.54, 1.807) is 4.90 Å². The Morgan fingerprint density at radius 3 is 2.54 bits per heavy atom. The highest BCUT2D eigenvalue weighted by molar-refractivity contribution is 5.86. The second-order valence-corrected chi connectivity index (χ2v) is 10.6. The Hall–Kier alpha value is -3.15. The maximum absolute atomic E-state index is 13.7. The lowest BCUT2D eigenvalue weighted by atomic mass is 9.79. The topological polar surface area (TPSA) is 90.7 Å². The highest BCUT2D eigenvalue weighted by Gasteiger charge is 2.39. The molecule has 0 spiro atoms. The van der Waals surface area contributed by atoms with E-state index < -0.39 is 23.9 Å². The SMILES string of the molecule is CCCC1(CCNCc2ccc(C(F)(F)F)cc2N2CCC(F)CC2)CCN(C(=O)n2ccc(C(=O)O)n2)C1. The summed E-state index contributed by atoms with van der Waals surface area (Å²) in [4.78, 5) is 27.5. The molecule has 1 unspecified atom stereocenters. The number of alkyl halides is 4. The predicted molar refractivity (Wildman–Crippen MR) is 138 cm³/mol. The lowest BCUT2D eigenvalue weighted by Crippen LogP contribution is -2.37. The van der Waals surface area contributed by atoms with Gasteiger partial charge in [0.2, 0.25) is 0 Å². The van der Waals surface area contributed by atoms with Gasteiger partial charge in [-0.1, -0.05) is 19.4 Å². The molecule has 0 aliphatic carbocycles. The number of likely N-dealkylation sites (tertiary alicyclic amines) is 1. The van der Waals surface area contributed by atoms with Crippen LogP contribution in [0.3, 0.4) is 0 Å². The number of aromatic nitrogens is 2. The van der Waals surface area contributed by atoms with Crippen LogP contribution in [0.25, 0.3) is 0 Å². The first-order chi connectivity index (χ1) is 18.5. The molecular weight excluding hydrogens is 518 g/mol.